The number of benzene rings is 2. The highest BCUT2D eigenvalue weighted by Gasteiger charge is 2.28. The molecule has 2 atom stereocenters. The zero-order valence-corrected chi connectivity index (χ0v) is 11.8. The molecular weight excluding hydrogens is 275 g/mol. The van der Waals surface area contributed by atoms with Gasteiger partial charge in [-0.25, -0.2) is 4.39 Å². The second-order valence-electron chi connectivity index (χ2n) is 5.38. The molecule has 0 aliphatic heterocycles. The maximum atomic E-state index is 13.1. The largest absolute Gasteiger partial charge is 0.388 e. The molecule has 0 saturated carbocycles. The molecule has 3 heteroatoms. The van der Waals surface area contributed by atoms with Gasteiger partial charge in [-0.1, -0.05) is 41.9 Å². The molecule has 0 spiro atoms. The minimum absolute atomic E-state index is 0.132. The molecule has 2 aromatic carbocycles. The van der Waals surface area contributed by atoms with Crippen LogP contribution in [0.1, 0.15) is 29.2 Å². The monoisotopic (exact) mass is 290 g/mol. The van der Waals surface area contributed by atoms with Gasteiger partial charge in [0.15, 0.2) is 0 Å². The lowest BCUT2D eigenvalue weighted by molar-refractivity contribution is 0.0937. The van der Waals surface area contributed by atoms with Crippen molar-refractivity contribution in [3.8, 4) is 0 Å². The molecule has 2 aromatic rings. The molecule has 1 aliphatic rings. The minimum Gasteiger partial charge on any atom is -0.388 e. The molecule has 0 saturated heterocycles. The quantitative estimate of drug-likeness (QED) is 0.873. The smallest absolute Gasteiger partial charge is 0.124 e. The van der Waals surface area contributed by atoms with E-state index in [0.29, 0.717) is 11.4 Å². The molecular formula is C17H16ClFO. The van der Waals surface area contributed by atoms with Gasteiger partial charge < -0.3 is 5.11 Å². The molecule has 0 bridgehead atoms. The van der Waals surface area contributed by atoms with Crippen LogP contribution in [-0.2, 0) is 12.8 Å². The number of fused-ring (bicyclic) bond motifs is 1. The normalized spacial score (nSPS) is 21.6. The molecule has 1 nitrogen and oxygen atoms in total. The van der Waals surface area contributed by atoms with Gasteiger partial charge in [0.05, 0.1) is 6.10 Å². The van der Waals surface area contributed by atoms with Gasteiger partial charge in [0, 0.05) is 5.02 Å². The van der Waals surface area contributed by atoms with Crippen LogP contribution in [0, 0.1) is 11.7 Å². The standard InChI is InChI=1S/C17H16ClFO/c18-16-10-14(19)8-7-12(16)9-13-6-5-11-3-1-2-4-15(11)17(13)20/h1-4,7-8,10,13,17,20H,5-6,9H2. The van der Waals surface area contributed by atoms with Crippen LogP contribution in [0.2, 0.25) is 5.02 Å². The molecule has 3 rings (SSSR count). The highest BCUT2D eigenvalue weighted by atomic mass is 35.5. The van der Waals surface area contributed by atoms with Crippen LogP contribution in [0.15, 0.2) is 42.5 Å². The Morgan fingerprint density at radius 1 is 1.20 bits per heavy atom. The fourth-order valence-electron chi connectivity index (χ4n) is 2.99. The summed E-state index contributed by atoms with van der Waals surface area (Å²) in [6, 6.07) is 12.5. The van der Waals surface area contributed by atoms with E-state index in [1.165, 1.54) is 17.7 Å². The van der Waals surface area contributed by atoms with E-state index in [1.807, 2.05) is 18.2 Å². The van der Waals surface area contributed by atoms with Crippen LogP contribution in [0.3, 0.4) is 0 Å². The lowest BCUT2D eigenvalue weighted by Crippen LogP contribution is -2.22. The average Bonchev–Trinajstić information content (AvgIpc) is 2.45. The predicted octanol–water partition coefficient (Wildman–Crippen LogP) is 4.32. The Labute approximate surface area is 123 Å². The van der Waals surface area contributed by atoms with Crippen LogP contribution in [0.4, 0.5) is 4.39 Å². The van der Waals surface area contributed by atoms with Gasteiger partial charge in [-0.2, -0.15) is 0 Å². The number of aryl methyl sites for hydroxylation is 1. The van der Waals surface area contributed by atoms with Crippen molar-refractivity contribution in [1.82, 2.24) is 0 Å². The Morgan fingerprint density at radius 3 is 2.80 bits per heavy atom. The molecule has 0 fully saturated rings. The predicted molar refractivity (Wildman–Crippen MR) is 78.3 cm³/mol. The van der Waals surface area contributed by atoms with Crippen molar-refractivity contribution in [2.75, 3.05) is 0 Å². The van der Waals surface area contributed by atoms with Gasteiger partial charge in [0.2, 0.25) is 0 Å². The van der Waals surface area contributed by atoms with Crippen molar-refractivity contribution in [3.63, 3.8) is 0 Å². The summed E-state index contributed by atoms with van der Waals surface area (Å²) in [5, 5.41) is 11.0. The third-order valence-electron chi connectivity index (χ3n) is 4.10. The van der Waals surface area contributed by atoms with Crippen molar-refractivity contribution in [2.24, 2.45) is 5.92 Å². The van der Waals surface area contributed by atoms with Crippen molar-refractivity contribution in [2.45, 2.75) is 25.4 Å². The lowest BCUT2D eigenvalue weighted by Gasteiger charge is -2.30. The van der Waals surface area contributed by atoms with E-state index in [4.69, 9.17) is 11.6 Å². The van der Waals surface area contributed by atoms with Gasteiger partial charge in [-0.15, -0.1) is 0 Å². The van der Waals surface area contributed by atoms with Crippen molar-refractivity contribution in [3.05, 3.63) is 70.0 Å². The van der Waals surface area contributed by atoms with E-state index in [0.717, 1.165) is 24.0 Å². The van der Waals surface area contributed by atoms with Gasteiger partial charge in [-0.3, -0.25) is 0 Å². The summed E-state index contributed by atoms with van der Waals surface area (Å²) in [4.78, 5) is 0. The van der Waals surface area contributed by atoms with Crippen molar-refractivity contribution < 1.29 is 9.50 Å². The molecule has 2 unspecified atom stereocenters. The van der Waals surface area contributed by atoms with Gasteiger partial charge in [0.25, 0.3) is 0 Å². The van der Waals surface area contributed by atoms with Crippen molar-refractivity contribution in [1.29, 1.82) is 0 Å². The number of hydrogen-bond acceptors (Lipinski definition) is 1. The second kappa shape index (κ2) is 5.55. The number of aliphatic hydroxyl groups excluding tert-OH is 1. The van der Waals surface area contributed by atoms with E-state index in [9.17, 15) is 9.50 Å². The second-order valence-corrected chi connectivity index (χ2v) is 5.79. The highest BCUT2D eigenvalue weighted by molar-refractivity contribution is 6.31. The van der Waals surface area contributed by atoms with Crippen LogP contribution < -0.4 is 0 Å². The topological polar surface area (TPSA) is 20.2 Å². The first-order valence-corrected chi connectivity index (χ1v) is 7.23. The Kier molecular flexibility index (Phi) is 3.77. The Morgan fingerprint density at radius 2 is 2.00 bits per heavy atom. The molecule has 104 valence electrons. The number of rotatable bonds is 2. The fourth-order valence-corrected chi connectivity index (χ4v) is 3.23. The fraction of sp³-hybridized carbons (Fsp3) is 0.294. The first-order chi connectivity index (χ1) is 9.65. The van der Waals surface area contributed by atoms with Crippen LogP contribution in [-0.4, -0.2) is 5.11 Å². The summed E-state index contributed by atoms with van der Waals surface area (Å²) in [6.07, 6.45) is 2.10. The Hall–Kier alpha value is -1.38. The van der Waals surface area contributed by atoms with Crippen molar-refractivity contribution >= 4 is 11.6 Å². The molecule has 20 heavy (non-hydrogen) atoms. The molecule has 0 heterocycles. The number of halogens is 2. The summed E-state index contributed by atoms with van der Waals surface area (Å²) in [5.41, 5.74) is 3.14. The van der Waals surface area contributed by atoms with Crippen LogP contribution in [0.25, 0.3) is 0 Å². The minimum atomic E-state index is -0.471. The van der Waals surface area contributed by atoms with Gasteiger partial charge in [0.1, 0.15) is 5.82 Å². The lowest BCUT2D eigenvalue weighted by atomic mass is 9.78. The van der Waals surface area contributed by atoms with E-state index in [-0.39, 0.29) is 11.7 Å². The molecule has 1 N–H and O–H groups in total. The molecule has 1 aliphatic carbocycles. The zero-order valence-electron chi connectivity index (χ0n) is 11.0. The number of aliphatic hydroxyl groups is 1. The van der Waals surface area contributed by atoms with E-state index in [1.54, 1.807) is 6.07 Å². The first-order valence-electron chi connectivity index (χ1n) is 6.85. The molecule has 0 radical (unpaired) electrons. The first kappa shape index (κ1) is 13.6. The summed E-state index contributed by atoms with van der Waals surface area (Å²) in [6.45, 7) is 0. The third-order valence-corrected chi connectivity index (χ3v) is 4.45. The highest BCUT2D eigenvalue weighted by Crippen LogP contribution is 2.37. The third kappa shape index (κ3) is 2.58. The zero-order chi connectivity index (χ0) is 14.1. The molecule has 0 amide bonds. The number of hydrogen-bond donors (Lipinski definition) is 1. The summed E-state index contributed by atoms with van der Waals surface area (Å²) in [7, 11) is 0. The summed E-state index contributed by atoms with van der Waals surface area (Å²) < 4.78 is 13.1. The van der Waals surface area contributed by atoms with E-state index < -0.39 is 6.10 Å². The van der Waals surface area contributed by atoms with E-state index in [2.05, 4.69) is 6.07 Å². The maximum absolute atomic E-state index is 13.1. The van der Waals surface area contributed by atoms with Gasteiger partial charge in [-0.05, 0) is 54.0 Å². The maximum Gasteiger partial charge on any atom is 0.124 e. The van der Waals surface area contributed by atoms with Crippen LogP contribution >= 0.6 is 11.6 Å². The Bertz CT molecular complexity index is 626. The molecule has 0 aromatic heterocycles. The van der Waals surface area contributed by atoms with E-state index >= 15 is 0 Å². The van der Waals surface area contributed by atoms with Crippen LogP contribution in [0.5, 0.6) is 0 Å². The summed E-state index contributed by atoms with van der Waals surface area (Å²) >= 11 is 6.08. The average molecular weight is 291 g/mol. The Balaban J connectivity index is 1.83. The SMILES string of the molecule is OC1c2ccccc2CCC1Cc1ccc(F)cc1Cl. The summed E-state index contributed by atoms with van der Waals surface area (Å²) in [5.74, 6) is -0.193. The van der Waals surface area contributed by atoms with Gasteiger partial charge >= 0.3 is 0 Å².